The molecular formula is C15H15FN2O2. The lowest BCUT2D eigenvalue weighted by Crippen LogP contribution is -2.28. The summed E-state index contributed by atoms with van der Waals surface area (Å²) in [6.45, 7) is 1.81. The zero-order chi connectivity index (χ0) is 14.1. The number of aryl methyl sites for hydroxylation is 1. The average Bonchev–Trinajstić information content (AvgIpc) is 2.98. The molecule has 1 N–H and O–H groups in total. The Hall–Kier alpha value is -2.17. The minimum absolute atomic E-state index is 0.114. The van der Waals surface area contributed by atoms with Gasteiger partial charge < -0.3 is 9.84 Å². The normalized spacial score (nSPS) is 17.0. The molecule has 1 aromatic carbocycles. The van der Waals surface area contributed by atoms with Crippen LogP contribution in [0, 0.1) is 12.7 Å². The van der Waals surface area contributed by atoms with Crippen LogP contribution in [0.4, 0.5) is 4.39 Å². The van der Waals surface area contributed by atoms with E-state index in [2.05, 4.69) is 10.5 Å². The number of carbonyl (C=O) groups is 1. The van der Waals surface area contributed by atoms with Gasteiger partial charge in [-0.05, 0) is 37.0 Å². The number of carbonyl (C=O) groups excluding carboxylic acids is 1. The van der Waals surface area contributed by atoms with E-state index >= 15 is 0 Å². The van der Waals surface area contributed by atoms with Gasteiger partial charge in [0.25, 0.3) is 0 Å². The number of halogens is 1. The number of nitrogens with zero attached hydrogens (tertiary/aromatic N) is 1. The molecule has 0 radical (unpaired) electrons. The van der Waals surface area contributed by atoms with E-state index in [0.29, 0.717) is 17.7 Å². The number of benzene rings is 1. The first kappa shape index (κ1) is 12.8. The van der Waals surface area contributed by atoms with Crippen molar-refractivity contribution in [2.24, 2.45) is 0 Å². The third-order valence-corrected chi connectivity index (χ3v) is 3.56. The second-order valence-corrected chi connectivity index (χ2v) is 5.08. The van der Waals surface area contributed by atoms with E-state index in [0.717, 1.165) is 17.7 Å². The summed E-state index contributed by atoms with van der Waals surface area (Å²) in [7, 11) is 0. The van der Waals surface area contributed by atoms with Crippen molar-refractivity contribution in [3.8, 4) is 0 Å². The van der Waals surface area contributed by atoms with E-state index in [9.17, 15) is 9.18 Å². The molecule has 0 fully saturated rings. The summed E-state index contributed by atoms with van der Waals surface area (Å²) in [5.41, 5.74) is 2.35. The van der Waals surface area contributed by atoms with Gasteiger partial charge in [-0.2, -0.15) is 0 Å². The molecule has 3 rings (SSSR count). The summed E-state index contributed by atoms with van der Waals surface area (Å²) in [5.74, 6) is 0.214. The third-order valence-electron chi connectivity index (χ3n) is 3.56. The Labute approximate surface area is 116 Å². The second-order valence-electron chi connectivity index (χ2n) is 5.08. The molecule has 1 atom stereocenters. The van der Waals surface area contributed by atoms with Crippen LogP contribution in [0.3, 0.4) is 0 Å². The van der Waals surface area contributed by atoms with Gasteiger partial charge in [0.1, 0.15) is 11.6 Å². The van der Waals surface area contributed by atoms with E-state index < -0.39 is 0 Å². The summed E-state index contributed by atoms with van der Waals surface area (Å²) < 4.78 is 18.6. The highest BCUT2D eigenvalue weighted by Gasteiger charge is 2.26. The van der Waals surface area contributed by atoms with Gasteiger partial charge >= 0.3 is 0 Å². The van der Waals surface area contributed by atoms with Gasteiger partial charge in [-0.1, -0.05) is 17.3 Å². The molecule has 0 saturated carbocycles. The fraction of sp³-hybridized carbons (Fsp3) is 0.333. The van der Waals surface area contributed by atoms with Crippen molar-refractivity contribution >= 4 is 5.91 Å². The maximum atomic E-state index is 13.6. The molecule has 1 heterocycles. The summed E-state index contributed by atoms with van der Waals surface area (Å²) in [6.07, 6.45) is 1.55. The minimum atomic E-state index is -0.190. The molecule has 5 heteroatoms. The van der Waals surface area contributed by atoms with Crippen LogP contribution in [0.25, 0.3) is 0 Å². The smallest absolute Gasteiger partial charge is 0.228 e. The van der Waals surface area contributed by atoms with Crippen LogP contribution in [0.1, 0.15) is 35.0 Å². The number of fused-ring (bicyclic) bond motifs is 1. The van der Waals surface area contributed by atoms with Crippen LogP contribution >= 0.6 is 0 Å². The number of amides is 1. The van der Waals surface area contributed by atoms with E-state index in [1.165, 1.54) is 6.07 Å². The molecule has 1 aliphatic rings. The van der Waals surface area contributed by atoms with Crippen LogP contribution in [0.2, 0.25) is 0 Å². The quantitative estimate of drug-likeness (QED) is 0.935. The number of hydrogen-bond acceptors (Lipinski definition) is 3. The fourth-order valence-corrected chi connectivity index (χ4v) is 2.66. The van der Waals surface area contributed by atoms with E-state index in [1.807, 2.05) is 6.07 Å². The molecular weight excluding hydrogens is 259 g/mol. The lowest BCUT2D eigenvalue weighted by atomic mass is 10.1. The van der Waals surface area contributed by atoms with Crippen molar-refractivity contribution < 1.29 is 13.7 Å². The highest BCUT2D eigenvalue weighted by atomic mass is 19.1. The predicted octanol–water partition coefficient (Wildman–Crippen LogP) is 2.47. The summed E-state index contributed by atoms with van der Waals surface area (Å²) in [6, 6.07) is 6.63. The summed E-state index contributed by atoms with van der Waals surface area (Å²) in [5, 5.41) is 6.67. The van der Waals surface area contributed by atoms with Gasteiger partial charge in [-0.3, -0.25) is 4.79 Å². The highest BCUT2D eigenvalue weighted by Crippen LogP contribution is 2.32. The highest BCUT2D eigenvalue weighted by molar-refractivity contribution is 5.78. The molecule has 0 unspecified atom stereocenters. The molecule has 4 nitrogen and oxygen atoms in total. The monoisotopic (exact) mass is 274 g/mol. The van der Waals surface area contributed by atoms with Gasteiger partial charge in [0.2, 0.25) is 5.91 Å². The van der Waals surface area contributed by atoms with Gasteiger partial charge in [0.05, 0.1) is 18.2 Å². The minimum Gasteiger partial charge on any atom is -0.361 e. The molecule has 0 spiro atoms. The SMILES string of the molecule is Cc1cc(CC(=O)N[C@@H]2CCc3c(F)cccc32)on1. The molecule has 1 aliphatic carbocycles. The van der Waals surface area contributed by atoms with E-state index in [-0.39, 0.29) is 24.2 Å². The predicted molar refractivity (Wildman–Crippen MR) is 70.5 cm³/mol. The van der Waals surface area contributed by atoms with Crippen LogP contribution in [0.15, 0.2) is 28.8 Å². The second kappa shape index (κ2) is 5.07. The zero-order valence-electron chi connectivity index (χ0n) is 11.1. The van der Waals surface area contributed by atoms with Gasteiger partial charge in [0, 0.05) is 6.07 Å². The molecule has 2 aromatic rings. The Balaban J connectivity index is 1.68. The number of aromatic nitrogens is 1. The number of rotatable bonds is 3. The molecule has 1 aromatic heterocycles. The zero-order valence-corrected chi connectivity index (χ0v) is 11.1. The largest absolute Gasteiger partial charge is 0.361 e. The van der Waals surface area contributed by atoms with E-state index in [1.54, 1.807) is 19.1 Å². The lowest BCUT2D eigenvalue weighted by Gasteiger charge is -2.13. The van der Waals surface area contributed by atoms with Crippen molar-refractivity contribution in [2.45, 2.75) is 32.2 Å². The van der Waals surface area contributed by atoms with Crippen LogP contribution < -0.4 is 5.32 Å². The van der Waals surface area contributed by atoms with Crippen LogP contribution in [-0.2, 0) is 17.6 Å². The third kappa shape index (κ3) is 2.43. The molecule has 0 bridgehead atoms. The van der Waals surface area contributed by atoms with Crippen molar-refractivity contribution in [3.63, 3.8) is 0 Å². The van der Waals surface area contributed by atoms with Crippen molar-refractivity contribution in [3.05, 3.63) is 52.7 Å². The average molecular weight is 274 g/mol. The summed E-state index contributed by atoms with van der Waals surface area (Å²) >= 11 is 0. The van der Waals surface area contributed by atoms with E-state index in [4.69, 9.17) is 4.52 Å². The van der Waals surface area contributed by atoms with Crippen molar-refractivity contribution in [1.29, 1.82) is 0 Å². The Bertz CT molecular complexity index is 651. The Morgan fingerprint density at radius 1 is 1.55 bits per heavy atom. The molecule has 0 saturated heterocycles. The first-order chi connectivity index (χ1) is 9.63. The Morgan fingerprint density at radius 3 is 3.15 bits per heavy atom. The number of hydrogen-bond donors (Lipinski definition) is 1. The topological polar surface area (TPSA) is 55.1 Å². The first-order valence-electron chi connectivity index (χ1n) is 6.62. The van der Waals surface area contributed by atoms with Gasteiger partial charge in [-0.25, -0.2) is 4.39 Å². The maximum Gasteiger partial charge on any atom is 0.228 e. The van der Waals surface area contributed by atoms with Gasteiger partial charge in [0.15, 0.2) is 0 Å². The Kier molecular flexibility index (Phi) is 3.26. The first-order valence-corrected chi connectivity index (χ1v) is 6.62. The number of nitrogens with one attached hydrogen (secondary N) is 1. The molecule has 0 aliphatic heterocycles. The Morgan fingerprint density at radius 2 is 2.40 bits per heavy atom. The summed E-state index contributed by atoms with van der Waals surface area (Å²) in [4.78, 5) is 12.0. The molecule has 20 heavy (non-hydrogen) atoms. The fourth-order valence-electron chi connectivity index (χ4n) is 2.66. The van der Waals surface area contributed by atoms with Crippen LogP contribution in [0.5, 0.6) is 0 Å². The van der Waals surface area contributed by atoms with Crippen molar-refractivity contribution in [2.75, 3.05) is 0 Å². The van der Waals surface area contributed by atoms with Gasteiger partial charge in [-0.15, -0.1) is 0 Å². The standard InChI is InChI=1S/C15H15FN2O2/c1-9-7-10(20-18-9)8-15(19)17-14-6-5-11-12(14)3-2-4-13(11)16/h2-4,7,14H,5-6,8H2,1H3,(H,17,19)/t14-/m1/s1. The van der Waals surface area contributed by atoms with Crippen molar-refractivity contribution in [1.82, 2.24) is 10.5 Å². The lowest BCUT2D eigenvalue weighted by molar-refractivity contribution is -0.121. The maximum absolute atomic E-state index is 13.6. The molecule has 104 valence electrons. The molecule has 1 amide bonds. The van der Waals surface area contributed by atoms with Crippen LogP contribution in [-0.4, -0.2) is 11.1 Å².